The van der Waals surface area contributed by atoms with Crippen molar-refractivity contribution in [3.63, 3.8) is 0 Å². The fourth-order valence-corrected chi connectivity index (χ4v) is 2.84. The van der Waals surface area contributed by atoms with E-state index in [-0.39, 0.29) is 0 Å². The maximum Gasteiger partial charge on any atom is 0.118 e. The quantitative estimate of drug-likeness (QED) is 0.678. The Balaban J connectivity index is 1.81. The van der Waals surface area contributed by atoms with Crippen LogP contribution in [0.3, 0.4) is 0 Å². The van der Waals surface area contributed by atoms with Gasteiger partial charge in [0.15, 0.2) is 0 Å². The Morgan fingerprint density at radius 1 is 0.810 bits per heavy atom. The molecule has 1 atom stereocenters. The Morgan fingerprint density at radius 2 is 1.29 bits per heavy atom. The second kappa shape index (κ2) is 8.08. The number of alkyl halides is 1. The van der Waals surface area contributed by atoms with E-state index in [1.807, 2.05) is 24.3 Å². The van der Waals surface area contributed by atoms with Gasteiger partial charge in [0, 0.05) is 4.83 Å². The molecule has 0 spiro atoms. The molecule has 0 aliphatic carbocycles. The Kier molecular flexibility index (Phi) is 6.12. The highest BCUT2D eigenvalue weighted by molar-refractivity contribution is 9.09. The number of methoxy groups -OCH3 is 2. The number of benzene rings is 2. The molecule has 0 aliphatic rings. The summed E-state index contributed by atoms with van der Waals surface area (Å²) in [5, 5.41) is 0. The van der Waals surface area contributed by atoms with Crippen molar-refractivity contribution in [2.75, 3.05) is 14.2 Å². The van der Waals surface area contributed by atoms with E-state index >= 15 is 0 Å². The van der Waals surface area contributed by atoms with Crippen LogP contribution in [0, 0.1) is 0 Å². The molecular weight excluding hydrogens is 328 g/mol. The Labute approximate surface area is 135 Å². The molecule has 0 aromatic heterocycles. The lowest BCUT2D eigenvalue weighted by molar-refractivity contribution is 0.414. The highest BCUT2D eigenvalue weighted by Gasteiger charge is 2.06. The van der Waals surface area contributed by atoms with Gasteiger partial charge >= 0.3 is 0 Å². The first-order chi connectivity index (χ1) is 10.2. The molecule has 2 rings (SSSR count). The van der Waals surface area contributed by atoms with E-state index in [1.54, 1.807) is 14.2 Å². The van der Waals surface area contributed by atoms with Gasteiger partial charge in [-0.05, 0) is 54.7 Å². The van der Waals surface area contributed by atoms with Crippen molar-refractivity contribution in [1.29, 1.82) is 0 Å². The first kappa shape index (κ1) is 15.9. The summed E-state index contributed by atoms with van der Waals surface area (Å²) in [5.41, 5.74) is 2.67. The summed E-state index contributed by atoms with van der Waals surface area (Å²) in [6, 6.07) is 16.6. The lowest BCUT2D eigenvalue weighted by Gasteiger charge is -2.11. The summed E-state index contributed by atoms with van der Waals surface area (Å²) < 4.78 is 10.3. The molecule has 112 valence electrons. The Hall–Kier alpha value is -1.48. The predicted molar refractivity (Wildman–Crippen MR) is 90.7 cm³/mol. The largest absolute Gasteiger partial charge is 0.497 e. The SMILES string of the molecule is COc1ccc(CCC(Br)Cc2ccc(OC)cc2)cc1. The highest BCUT2D eigenvalue weighted by atomic mass is 79.9. The summed E-state index contributed by atoms with van der Waals surface area (Å²) in [6.07, 6.45) is 3.20. The van der Waals surface area contributed by atoms with Gasteiger partial charge in [0.1, 0.15) is 11.5 Å². The number of hydrogen-bond donors (Lipinski definition) is 0. The van der Waals surface area contributed by atoms with Crippen LogP contribution in [0.2, 0.25) is 0 Å². The molecule has 0 saturated carbocycles. The summed E-state index contributed by atoms with van der Waals surface area (Å²) in [4.78, 5) is 0.480. The molecule has 1 unspecified atom stereocenters. The van der Waals surface area contributed by atoms with E-state index < -0.39 is 0 Å². The van der Waals surface area contributed by atoms with Gasteiger partial charge in [0.25, 0.3) is 0 Å². The van der Waals surface area contributed by atoms with Crippen LogP contribution in [0.15, 0.2) is 48.5 Å². The van der Waals surface area contributed by atoms with Crippen LogP contribution in [-0.2, 0) is 12.8 Å². The number of rotatable bonds is 7. The topological polar surface area (TPSA) is 18.5 Å². The number of hydrogen-bond acceptors (Lipinski definition) is 2. The second-order valence-corrected chi connectivity index (χ2v) is 6.33. The molecule has 0 amide bonds. The van der Waals surface area contributed by atoms with Gasteiger partial charge in [-0.15, -0.1) is 0 Å². The number of ether oxygens (including phenoxy) is 2. The molecule has 0 saturated heterocycles. The minimum absolute atomic E-state index is 0.480. The summed E-state index contributed by atoms with van der Waals surface area (Å²) in [7, 11) is 3.38. The lowest BCUT2D eigenvalue weighted by Crippen LogP contribution is -2.04. The molecule has 0 fully saturated rings. The first-order valence-electron chi connectivity index (χ1n) is 7.11. The Bertz CT molecular complexity index is 534. The standard InChI is InChI=1S/C18H21BrO2/c1-20-17-9-4-14(5-10-17)3-8-16(19)13-15-6-11-18(21-2)12-7-15/h4-7,9-12,16H,3,8,13H2,1-2H3. The fraction of sp³-hybridized carbons (Fsp3) is 0.333. The van der Waals surface area contributed by atoms with Gasteiger partial charge in [-0.3, -0.25) is 0 Å². The smallest absolute Gasteiger partial charge is 0.118 e. The third-order valence-corrected chi connectivity index (χ3v) is 4.30. The molecule has 2 aromatic carbocycles. The highest BCUT2D eigenvalue weighted by Crippen LogP contribution is 2.19. The molecule has 0 heterocycles. The first-order valence-corrected chi connectivity index (χ1v) is 8.02. The molecule has 3 heteroatoms. The lowest BCUT2D eigenvalue weighted by atomic mass is 10.0. The minimum atomic E-state index is 0.480. The van der Waals surface area contributed by atoms with Crippen molar-refractivity contribution < 1.29 is 9.47 Å². The molecule has 0 bridgehead atoms. The van der Waals surface area contributed by atoms with Crippen molar-refractivity contribution in [2.45, 2.75) is 24.1 Å². The Morgan fingerprint density at radius 3 is 1.76 bits per heavy atom. The average molecular weight is 349 g/mol. The second-order valence-electron chi connectivity index (χ2n) is 5.04. The van der Waals surface area contributed by atoms with Gasteiger partial charge in [0.05, 0.1) is 14.2 Å². The maximum absolute atomic E-state index is 5.18. The normalized spacial score (nSPS) is 12.0. The third kappa shape index (κ3) is 5.09. The summed E-state index contributed by atoms with van der Waals surface area (Å²) in [6.45, 7) is 0. The fourth-order valence-electron chi connectivity index (χ4n) is 2.23. The third-order valence-electron chi connectivity index (χ3n) is 3.52. The van der Waals surface area contributed by atoms with Crippen molar-refractivity contribution in [2.24, 2.45) is 0 Å². The molecule has 2 nitrogen and oxygen atoms in total. The zero-order chi connectivity index (χ0) is 15.1. The van der Waals surface area contributed by atoms with E-state index in [9.17, 15) is 0 Å². The predicted octanol–water partition coefficient (Wildman–Crippen LogP) is 4.64. The summed E-state index contributed by atoms with van der Waals surface area (Å²) >= 11 is 3.78. The maximum atomic E-state index is 5.18. The van der Waals surface area contributed by atoms with E-state index in [0.29, 0.717) is 4.83 Å². The van der Waals surface area contributed by atoms with Crippen LogP contribution < -0.4 is 9.47 Å². The zero-order valence-electron chi connectivity index (χ0n) is 12.5. The van der Waals surface area contributed by atoms with E-state index in [2.05, 4.69) is 40.2 Å². The molecule has 0 radical (unpaired) electrons. The van der Waals surface area contributed by atoms with Gasteiger partial charge in [-0.2, -0.15) is 0 Å². The average Bonchev–Trinajstić information content (AvgIpc) is 2.54. The van der Waals surface area contributed by atoms with Crippen molar-refractivity contribution in [1.82, 2.24) is 0 Å². The van der Waals surface area contributed by atoms with Gasteiger partial charge in [0.2, 0.25) is 0 Å². The molecule has 0 aliphatic heterocycles. The van der Waals surface area contributed by atoms with Crippen LogP contribution in [0.4, 0.5) is 0 Å². The van der Waals surface area contributed by atoms with E-state index in [4.69, 9.17) is 9.47 Å². The monoisotopic (exact) mass is 348 g/mol. The van der Waals surface area contributed by atoms with Crippen LogP contribution in [0.25, 0.3) is 0 Å². The molecular formula is C18H21BrO2. The van der Waals surface area contributed by atoms with E-state index in [0.717, 1.165) is 30.8 Å². The van der Waals surface area contributed by atoms with Crippen LogP contribution in [0.5, 0.6) is 11.5 Å². The molecule has 0 N–H and O–H groups in total. The van der Waals surface area contributed by atoms with Crippen LogP contribution >= 0.6 is 15.9 Å². The molecule has 21 heavy (non-hydrogen) atoms. The van der Waals surface area contributed by atoms with Gasteiger partial charge in [-0.25, -0.2) is 0 Å². The van der Waals surface area contributed by atoms with Gasteiger partial charge in [-0.1, -0.05) is 40.2 Å². The van der Waals surface area contributed by atoms with E-state index in [1.165, 1.54) is 11.1 Å². The summed E-state index contributed by atoms with van der Waals surface area (Å²) in [5.74, 6) is 1.82. The zero-order valence-corrected chi connectivity index (χ0v) is 14.1. The van der Waals surface area contributed by atoms with Crippen LogP contribution in [-0.4, -0.2) is 19.0 Å². The molecule has 2 aromatic rings. The number of aryl methyl sites for hydroxylation is 1. The number of halogens is 1. The van der Waals surface area contributed by atoms with Gasteiger partial charge < -0.3 is 9.47 Å². The van der Waals surface area contributed by atoms with Crippen molar-refractivity contribution >= 4 is 15.9 Å². The van der Waals surface area contributed by atoms with Crippen molar-refractivity contribution in [3.8, 4) is 11.5 Å². The van der Waals surface area contributed by atoms with Crippen molar-refractivity contribution in [3.05, 3.63) is 59.7 Å². The van der Waals surface area contributed by atoms with Crippen LogP contribution in [0.1, 0.15) is 17.5 Å². The minimum Gasteiger partial charge on any atom is -0.497 e.